The van der Waals surface area contributed by atoms with Crippen LogP contribution in [0.25, 0.3) is 0 Å². The number of rotatable bonds is 23. The highest BCUT2D eigenvalue weighted by atomic mass is 16.4. The van der Waals surface area contributed by atoms with Crippen LogP contribution in [0.5, 0.6) is 0 Å². The van der Waals surface area contributed by atoms with E-state index < -0.39 is 17.9 Å². The molecule has 0 aromatic carbocycles. The zero-order valence-corrected chi connectivity index (χ0v) is 23.3. The lowest BCUT2D eigenvalue weighted by molar-refractivity contribution is -0.141. The summed E-state index contributed by atoms with van der Waals surface area (Å²) < 4.78 is 0. The van der Waals surface area contributed by atoms with Crippen LogP contribution in [-0.2, 0) is 19.2 Å². The van der Waals surface area contributed by atoms with Gasteiger partial charge in [0.1, 0.15) is 12.3 Å². The first kappa shape index (κ1) is 35.3. The smallest absolute Gasteiger partial charge is 0.326 e. The largest absolute Gasteiger partial charge is 0.480 e. The highest BCUT2D eigenvalue weighted by Gasteiger charge is 2.18. The van der Waals surface area contributed by atoms with Gasteiger partial charge in [0.05, 0.1) is 0 Å². The van der Waals surface area contributed by atoms with Gasteiger partial charge >= 0.3 is 5.97 Å². The molecule has 7 nitrogen and oxygen atoms in total. The van der Waals surface area contributed by atoms with Crippen molar-refractivity contribution in [3.63, 3.8) is 0 Å². The van der Waals surface area contributed by atoms with E-state index in [1.807, 2.05) is 12.2 Å². The highest BCUT2D eigenvalue weighted by molar-refractivity contribution is 5.93. The summed E-state index contributed by atoms with van der Waals surface area (Å²) in [5.74, 6) is -1.81. The number of aliphatic carboxylic acids is 1. The Bertz CT molecular complexity index is 894. The Labute approximate surface area is 234 Å². The molecule has 1 atom stereocenters. The highest BCUT2D eigenvalue weighted by Crippen LogP contribution is 2.02. The quantitative estimate of drug-likeness (QED) is 0.0632. The second-order valence-electron chi connectivity index (χ2n) is 8.69. The van der Waals surface area contributed by atoms with Crippen LogP contribution in [0.3, 0.4) is 0 Å². The second kappa shape index (κ2) is 27.3. The van der Waals surface area contributed by atoms with Gasteiger partial charge in [0.25, 0.3) is 0 Å². The Morgan fingerprint density at radius 3 is 1.74 bits per heavy atom. The maximum atomic E-state index is 11.9. The number of carboxylic acid groups (broad SMARTS) is 1. The Morgan fingerprint density at radius 1 is 0.744 bits per heavy atom. The van der Waals surface area contributed by atoms with Gasteiger partial charge in [-0.05, 0) is 70.3 Å². The molecule has 7 heteroatoms. The molecule has 0 fully saturated rings. The fourth-order valence-electron chi connectivity index (χ4n) is 3.25. The number of nitrogens with one attached hydrogen (secondary N) is 2. The van der Waals surface area contributed by atoms with E-state index in [1.54, 1.807) is 0 Å². The fourth-order valence-corrected chi connectivity index (χ4v) is 3.25. The number of hydrogen-bond donors (Lipinski definition) is 3. The summed E-state index contributed by atoms with van der Waals surface area (Å²) in [5, 5.41) is 14.3. The number of allylic oxidation sites excluding steroid dienone is 13. The maximum Gasteiger partial charge on any atom is 0.326 e. The lowest BCUT2D eigenvalue weighted by atomic mass is 10.1. The van der Waals surface area contributed by atoms with Gasteiger partial charge in [-0.1, -0.05) is 79.8 Å². The third kappa shape index (κ3) is 25.7. The molecule has 2 amide bonds. The van der Waals surface area contributed by atoms with Gasteiger partial charge in [0.15, 0.2) is 0 Å². The van der Waals surface area contributed by atoms with Crippen LogP contribution in [0.2, 0.25) is 0 Å². The Balaban J connectivity index is 3.79. The van der Waals surface area contributed by atoms with Crippen molar-refractivity contribution in [3.05, 3.63) is 85.1 Å². The standard InChI is InChI=1S/C32H46N2O5/c1-2-3-4-5-6-7-8-9-10-11-12-13-14-15-16-17-18-19-20-25-30(36)33-27-22-21-24-29(32(38)39)34-31(37)26-23-28-35/h3-4,6-7,9-10,12-13,15-16,18-19,23,26,28-29H,2,5,8,11,14,17,20-22,24-25,27H2,1H3,(H,33,36)(H,34,37)(H,38,39). The Morgan fingerprint density at radius 2 is 1.26 bits per heavy atom. The van der Waals surface area contributed by atoms with Crippen molar-refractivity contribution >= 4 is 24.1 Å². The van der Waals surface area contributed by atoms with Crippen LogP contribution in [0.4, 0.5) is 0 Å². The Hall–Kier alpha value is -3.74. The minimum Gasteiger partial charge on any atom is -0.480 e. The minimum absolute atomic E-state index is 0.0448. The minimum atomic E-state index is -1.14. The number of hydrogen-bond acceptors (Lipinski definition) is 4. The molecule has 0 aliphatic carbocycles. The van der Waals surface area contributed by atoms with Crippen LogP contribution < -0.4 is 10.6 Å². The van der Waals surface area contributed by atoms with Gasteiger partial charge < -0.3 is 15.7 Å². The van der Waals surface area contributed by atoms with E-state index in [1.165, 1.54) is 0 Å². The molecule has 214 valence electrons. The van der Waals surface area contributed by atoms with E-state index >= 15 is 0 Å². The third-order valence-corrected chi connectivity index (χ3v) is 5.32. The lowest BCUT2D eigenvalue weighted by Crippen LogP contribution is -2.40. The van der Waals surface area contributed by atoms with E-state index in [0.29, 0.717) is 38.5 Å². The summed E-state index contributed by atoms with van der Waals surface area (Å²) >= 11 is 0. The number of carbonyl (C=O) groups is 4. The monoisotopic (exact) mass is 538 g/mol. The summed E-state index contributed by atoms with van der Waals surface area (Å²) in [4.78, 5) is 44.9. The maximum absolute atomic E-state index is 11.9. The van der Waals surface area contributed by atoms with Crippen LogP contribution >= 0.6 is 0 Å². The fraction of sp³-hybridized carbons (Fsp3) is 0.438. The molecule has 0 radical (unpaired) electrons. The zero-order valence-electron chi connectivity index (χ0n) is 23.3. The van der Waals surface area contributed by atoms with E-state index in [4.69, 9.17) is 0 Å². The van der Waals surface area contributed by atoms with Crippen molar-refractivity contribution in [2.24, 2.45) is 0 Å². The summed E-state index contributed by atoms with van der Waals surface area (Å²) in [5.41, 5.74) is 0. The van der Waals surface area contributed by atoms with Crippen LogP contribution in [0, 0.1) is 0 Å². The predicted molar refractivity (Wildman–Crippen MR) is 159 cm³/mol. The summed E-state index contributed by atoms with van der Waals surface area (Å²) in [6, 6.07) is -1.03. The van der Waals surface area contributed by atoms with Crippen molar-refractivity contribution in [2.45, 2.75) is 83.6 Å². The molecule has 0 aliphatic rings. The van der Waals surface area contributed by atoms with E-state index in [9.17, 15) is 24.3 Å². The molecular weight excluding hydrogens is 492 g/mol. The molecule has 0 aromatic rings. The zero-order chi connectivity index (χ0) is 28.8. The molecule has 0 heterocycles. The molecule has 3 N–H and O–H groups in total. The SMILES string of the molecule is CCC=CCC=CCC=CCC=CCC=CCC=CCCC(=O)NCCCCC(NC(=O)C=CC=O)C(=O)O. The number of aldehydes is 1. The average Bonchev–Trinajstić information content (AvgIpc) is 2.92. The summed E-state index contributed by atoms with van der Waals surface area (Å²) in [6.07, 6.45) is 36.4. The van der Waals surface area contributed by atoms with Gasteiger partial charge in [-0.15, -0.1) is 0 Å². The first-order chi connectivity index (χ1) is 19.0. The first-order valence-electron chi connectivity index (χ1n) is 13.8. The van der Waals surface area contributed by atoms with E-state index in [2.05, 4.69) is 78.3 Å². The van der Waals surface area contributed by atoms with Crippen molar-refractivity contribution in [1.29, 1.82) is 0 Å². The topological polar surface area (TPSA) is 113 Å². The molecule has 0 spiro atoms. The van der Waals surface area contributed by atoms with Crippen LogP contribution in [-0.4, -0.2) is 41.8 Å². The molecule has 0 aliphatic heterocycles. The molecule has 39 heavy (non-hydrogen) atoms. The average molecular weight is 539 g/mol. The number of carbonyl (C=O) groups excluding carboxylic acids is 3. The van der Waals surface area contributed by atoms with Gasteiger partial charge in [0.2, 0.25) is 11.8 Å². The molecular formula is C32H46N2O5. The normalized spacial score (nSPS) is 13.2. The van der Waals surface area contributed by atoms with Crippen molar-refractivity contribution in [3.8, 4) is 0 Å². The number of amides is 2. The Kier molecular flexibility index (Phi) is 24.7. The van der Waals surface area contributed by atoms with E-state index in [-0.39, 0.29) is 12.3 Å². The first-order valence-corrected chi connectivity index (χ1v) is 13.8. The summed E-state index contributed by atoms with van der Waals surface area (Å²) in [6.45, 7) is 2.59. The van der Waals surface area contributed by atoms with Gasteiger partial charge in [0, 0.05) is 19.0 Å². The van der Waals surface area contributed by atoms with Crippen molar-refractivity contribution < 1.29 is 24.3 Å². The van der Waals surface area contributed by atoms with Crippen LogP contribution in [0.15, 0.2) is 85.1 Å². The second-order valence-corrected chi connectivity index (χ2v) is 8.69. The van der Waals surface area contributed by atoms with Gasteiger partial charge in [-0.25, -0.2) is 4.79 Å². The van der Waals surface area contributed by atoms with Crippen LogP contribution in [0.1, 0.15) is 77.6 Å². The predicted octanol–water partition coefficient (Wildman–Crippen LogP) is 6.08. The number of carboxylic acids is 1. The van der Waals surface area contributed by atoms with E-state index in [0.717, 1.165) is 50.7 Å². The summed E-state index contributed by atoms with van der Waals surface area (Å²) in [7, 11) is 0. The molecule has 0 aromatic heterocycles. The third-order valence-electron chi connectivity index (χ3n) is 5.32. The number of unbranched alkanes of at least 4 members (excludes halogenated alkanes) is 1. The molecule has 1 unspecified atom stereocenters. The van der Waals surface area contributed by atoms with Gasteiger partial charge in [-0.2, -0.15) is 0 Å². The lowest BCUT2D eigenvalue weighted by Gasteiger charge is -2.13. The molecule has 0 rings (SSSR count). The van der Waals surface area contributed by atoms with Gasteiger partial charge in [-0.3, -0.25) is 14.4 Å². The van der Waals surface area contributed by atoms with Crippen molar-refractivity contribution in [1.82, 2.24) is 10.6 Å². The molecule has 0 saturated carbocycles. The molecule has 0 bridgehead atoms. The molecule has 0 saturated heterocycles. The van der Waals surface area contributed by atoms with Crippen molar-refractivity contribution in [2.75, 3.05) is 6.54 Å².